The molecule has 0 aliphatic rings. The van der Waals surface area contributed by atoms with E-state index in [-0.39, 0.29) is 12.1 Å². The molecule has 0 saturated carbocycles. The van der Waals surface area contributed by atoms with Crippen LogP contribution >= 0.6 is 0 Å². The number of carbonyl (C=O) groups excluding carboxylic acids is 1. The summed E-state index contributed by atoms with van der Waals surface area (Å²) in [5.41, 5.74) is -1.60. The molecule has 1 rings (SSSR count). The molecule has 2 nitrogen and oxygen atoms in total. The van der Waals surface area contributed by atoms with Crippen molar-refractivity contribution in [2.45, 2.75) is 12.1 Å². The van der Waals surface area contributed by atoms with Gasteiger partial charge in [-0.15, -0.1) is 0 Å². The number of hydrogen-bond acceptors (Lipinski definition) is 1. The zero-order chi connectivity index (χ0) is 15.0. The zero-order valence-electron chi connectivity index (χ0n) is 8.59. The standard InChI is InChI=1S/C9H3F8NO/c10-3-1-4(11)6(5(12)2-3)18-7(19)8(13,14)9(15,16)17/h1-2H,(H,18,19). The fourth-order valence-electron chi connectivity index (χ4n) is 0.982. The van der Waals surface area contributed by atoms with Crippen molar-refractivity contribution in [3.63, 3.8) is 0 Å². The summed E-state index contributed by atoms with van der Waals surface area (Å²) < 4.78 is 98.7. The van der Waals surface area contributed by atoms with Gasteiger partial charge in [-0.1, -0.05) is 0 Å². The van der Waals surface area contributed by atoms with Crippen molar-refractivity contribution in [1.29, 1.82) is 0 Å². The third-order valence-corrected chi connectivity index (χ3v) is 1.89. The highest BCUT2D eigenvalue weighted by molar-refractivity contribution is 5.96. The third-order valence-electron chi connectivity index (χ3n) is 1.89. The molecule has 0 heterocycles. The maximum atomic E-state index is 12.9. The Morgan fingerprint density at radius 2 is 1.37 bits per heavy atom. The summed E-state index contributed by atoms with van der Waals surface area (Å²) in [4.78, 5) is 10.7. The van der Waals surface area contributed by atoms with E-state index in [1.165, 1.54) is 0 Å². The lowest BCUT2D eigenvalue weighted by molar-refractivity contribution is -0.267. The van der Waals surface area contributed by atoms with Crippen molar-refractivity contribution < 1.29 is 39.9 Å². The normalized spacial score (nSPS) is 12.4. The highest BCUT2D eigenvalue weighted by atomic mass is 19.4. The van der Waals surface area contributed by atoms with Gasteiger partial charge in [0.2, 0.25) is 0 Å². The first-order valence-electron chi connectivity index (χ1n) is 4.37. The Balaban J connectivity index is 3.08. The van der Waals surface area contributed by atoms with Crippen LogP contribution in [-0.4, -0.2) is 18.0 Å². The molecule has 1 N–H and O–H groups in total. The monoisotopic (exact) mass is 293 g/mol. The highest BCUT2D eigenvalue weighted by Gasteiger charge is 2.63. The van der Waals surface area contributed by atoms with Crippen LogP contribution < -0.4 is 5.32 Å². The van der Waals surface area contributed by atoms with E-state index < -0.39 is 41.1 Å². The molecule has 0 aliphatic heterocycles. The van der Waals surface area contributed by atoms with Gasteiger partial charge in [0.25, 0.3) is 0 Å². The summed E-state index contributed by atoms with van der Waals surface area (Å²) >= 11 is 0. The Bertz CT molecular complexity index is 486. The Labute approximate surface area is 99.6 Å². The van der Waals surface area contributed by atoms with Crippen LogP contribution in [0.25, 0.3) is 0 Å². The average Bonchev–Trinajstić information content (AvgIpc) is 2.21. The second kappa shape index (κ2) is 4.67. The van der Waals surface area contributed by atoms with E-state index in [0.29, 0.717) is 0 Å². The smallest absolute Gasteiger partial charge is 0.316 e. The van der Waals surface area contributed by atoms with Gasteiger partial charge in [0, 0.05) is 12.1 Å². The maximum absolute atomic E-state index is 12.9. The average molecular weight is 293 g/mol. The van der Waals surface area contributed by atoms with Gasteiger partial charge < -0.3 is 5.32 Å². The van der Waals surface area contributed by atoms with Gasteiger partial charge in [-0.25, -0.2) is 13.2 Å². The molecule has 0 bridgehead atoms. The lowest BCUT2D eigenvalue weighted by Crippen LogP contribution is -2.47. The fraction of sp³-hybridized carbons (Fsp3) is 0.222. The molecule has 0 unspecified atom stereocenters. The Kier molecular flexibility index (Phi) is 3.73. The quantitative estimate of drug-likeness (QED) is 0.833. The molecule has 0 spiro atoms. The predicted molar refractivity (Wildman–Crippen MR) is 45.9 cm³/mol. The second-order valence-corrected chi connectivity index (χ2v) is 3.27. The molecule has 0 aromatic heterocycles. The first-order chi connectivity index (χ1) is 8.46. The van der Waals surface area contributed by atoms with Crippen LogP contribution in [-0.2, 0) is 4.79 Å². The number of amides is 1. The first-order valence-corrected chi connectivity index (χ1v) is 4.37. The van der Waals surface area contributed by atoms with Crippen LogP contribution in [0.4, 0.5) is 40.8 Å². The number of halogens is 8. The van der Waals surface area contributed by atoms with Crippen molar-refractivity contribution in [3.8, 4) is 0 Å². The minimum absolute atomic E-state index is 0.00439. The number of hydrogen-bond donors (Lipinski definition) is 1. The van der Waals surface area contributed by atoms with E-state index in [4.69, 9.17) is 0 Å². The Morgan fingerprint density at radius 3 is 1.74 bits per heavy atom. The number of rotatable bonds is 2. The molecule has 0 radical (unpaired) electrons. The Morgan fingerprint density at radius 1 is 0.947 bits per heavy atom. The van der Waals surface area contributed by atoms with Gasteiger partial charge in [0.15, 0.2) is 11.6 Å². The maximum Gasteiger partial charge on any atom is 0.463 e. The van der Waals surface area contributed by atoms with Crippen molar-refractivity contribution in [3.05, 3.63) is 29.6 Å². The van der Waals surface area contributed by atoms with Gasteiger partial charge in [-0.05, 0) is 0 Å². The molecule has 106 valence electrons. The largest absolute Gasteiger partial charge is 0.463 e. The number of anilines is 1. The number of carbonyl (C=O) groups is 1. The van der Waals surface area contributed by atoms with E-state index in [1.54, 1.807) is 0 Å². The van der Waals surface area contributed by atoms with Crippen molar-refractivity contribution in [2.24, 2.45) is 0 Å². The van der Waals surface area contributed by atoms with E-state index in [2.05, 4.69) is 0 Å². The number of alkyl halides is 5. The highest BCUT2D eigenvalue weighted by Crippen LogP contribution is 2.36. The second-order valence-electron chi connectivity index (χ2n) is 3.27. The molecule has 10 heteroatoms. The van der Waals surface area contributed by atoms with Crippen LogP contribution in [0.5, 0.6) is 0 Å². The van der Waals surface area contributed by atoms with Crippen LogP contribution in [0, 0.1) is 17.5 Å². The lowest BCUT2D eigenvalue weighted by Gasteiger charge is -2.19. The Hall–Kier alpha value is -1.87. The van der Waals surface area contributed by atoms with Crippen molar-refractivity contribution in [2.75, 3.05) is 5.32 Å². The predicted octanol–water partition coefficient (Wildman–Crippen LogP) is 3.24. The molecule has 0 aliphatic carbocycles. The number of nitrogens with one attached hydrogen (secondary N) is 1. The summed E-state index contributed by atoms with van der Waals surface area (Å²) in [5.74, 6) is -13.9. The summed E-state index contributed by atoms with van der Waals surface area (Å²) in [5, 5.41) is 0.727. The van der Waals surface area contributed by atoms with Crippen LogP contribution in [0.2, 0.25) is 0 Å². The van der Waals surface area contributed by atoms with Crippen LogP contribution in [0.1, 0.15) is 0 Å². The van der Waals surface area contributed by atoms with Crippen LogP contribution in [0.3, 0.4) is 0 Å². The molecule has 0 atom stereocenters. The molecule has 0 fully saturated rings. The summed E-state index contributed by atoms with van der Waals surface area (Å²) in [6.45, 7) is 0. The van der Waals surface area contributed by atoms with E-state index in [0.717, 1.165) is 5.32 Å². The topological polar surface area (TPSA) is 29.1 Å². The third kappa shape index (κ3) is 2.93. The van der Waals surface area contributed by atoms with Gasteiger partial charge in [-0.2, -0.15) is 22.0 Å². The summed E-state index contributed by atoms with van der Waals surface area (Å²) in [7, 11) is 0. The van der Waals surface area contributed by atoms with E-state index >= 15 is 0 Å². The zero-order valence-corrected chi connectivity index (χ0v) is 8.59. The van der Waals surface area contributed by atoms with Gasteiger partial charge in [0.1, 0.15) is 11.5 Å². The molecule has 1 amide bonds. The molecule has 1 aromatic carbocycles. The molecular formula is C9H3F8NO. The van der Waals surface area contributed by atoms with E-state index in [1.807, 2.05) is 0 Å². The molecular weight excluding hydrogens is 290 g/mol. The minimum atomic E-state index is -6.23. The summed E-state index contributed by atoms with van der Waals surface area (Å²) in [6.07, 6.45) is -6.23. The van der Waals surface area contributed by atoms with Gasteiger partial charge >= 0.3 is 18.0 Å². The molecule has 19 heavy (non-hydrogen) atoms. The van der Waals surface area contributed by atoms with E-state index in [9.17, 15) is 39.9 Å². The van der Waals surface area contributed by atoms with Crippen molar-refractivity contribution >= 4 is 11.6 Å². The SMILES string of the molecule is O=C(Nc1c(F)cc(F)cc1F)C(F)(F)C(F)(F)F. The first kappa shape index (κ1) is 15.2. The van der Waals surface area contributed by atoms with Crippen LogP contribution in [0.15, 0.2) is 12.1 Å². The lowest BCUT2D eigenvalue weighted by atomic mass is 10.2. The van der Waals surface area contributed by atoms with Gasteiger partial charge in [0.05, 0.1) is 0 Å². The van der Waals surface area contributed by atoms with Gasteiger partial charge in [-0.3, -0.25) is 4.79 Å². The molecule has 0 saturated heterocycles. The van der Waals surface area contributed by atoms with Crippen molar-refractivity contribution in [1.82, 2.24) is 0 Å². The number of benzene rings is 1. The molecule has 1 aromatic rings. The summed E-state index contributed by atoms with van der Waals surface area (Å²) in [6, 6.07) is 0.00878. The fourth-order valence-corrected chi connectivity index (χ4v) is 0.982. The minimum Gasteiger partial charge on any atom is -0.316 e.